The molecular weight excluding hydrogens is 837 g/mol. The van der Waals surface area contributed by atoms with Crippen molar-refractivity contribution in [3.8, 4) is 61.3 Å². The minimum atomic E-state index is 0.893. The fourth-order valence-electron chi connectivity index (χ4n) is 10.4. The Balaban J connectivity index is 0.905. The number of rotatable bonds is 9. The lowest BCUT2D eigenvalue weighted by Crippen LogP contribution is -2.10. The van der Waals surface area contributed by atoms with E-state index in [0.29, 0.717) is 0 Å². The maximum absolute atomic E-state index is 6.54. The van der Waals surface area contributed by atoms with Gasteiger partial charge in [-0.15, -0.1) is 0 Å². The van der Waals surface area contributed by atoms with E-state index in [2.05, 4.69) is 264 Å². The van der Waals surface area contributed by atoms with E-state index in [1.54, 1.807) is 0 Å². The third kappa shape index (κ3) is 7.08. The highest BCUT2D eigenvalue weighted by molar-refractivity contribution is 6.11. The van der Waals surface area contributed by atoms with Gasteiger partial charge in [-0.1, -0.05) is 206 Å². The van der Waals surface area contributed by atoms with Gasteiger partial charge >= 0.3 is 0 Å². The molecule has 324 valence electrons. The summed E-state index contributed by atoms with van der Waals surface area (Å²) >= 11 is 0. The zero-order valence-electron chi connectivity index (χ0n) is 37.7. The number of fused-ring (bicyclic) bond motifs is 6. The lowest BCUT2D eigenvalue weighted by Gasteiger charge is -2.26. The fourth-order valence-corrected chi connectivity index (χ4v) is 10.4. The Morgan fingerprint density at radius 3 is 1.42 bits per heavy atom. The highest BCUT2D eigenvalue weighted by atomic mass is 16.3. The Bertz CT molecular complexity index is 3940. The van der Waals surface area contributed by atoms with Crippen molar-refractivity contribution < 1.29 is 4.42 Å². The number of anilines is 3. The van der Waals surface area contributed by atoms with Crippen LogP contribution >= 0.6 is 0 Å². The molecule has 0 amide bonds. The molecule has 0 fully saturated rings. The number of para-hydroxylation sites is 5. The second kappa shape index (κ2) is 16.9. The molecule has 0 aliphatic carbocycles. The number of nitrogens with zero attached hydrogens (tertiary/aromatic N) is 2. The van der Waals surface area contributed by atoms with Gasteiger partial charge in [0.05, 0.1) is 16.7 Å². The minimum absolute atomic E-state index is 0.893. The average Bonchev–Trinajstić information content (AvgIpc) is 3.98. The Kier molecular flexibility index (Phi) is 9.84. The number of aromatic nitrogens is 1. The predicted octanol–water partition coefficient (Wildman–Crippen LogP) is 18.5. The molecule has 0 saturated heterocycles. The van der Waals surface area contributed by atoms with Crippen molar-refractivity contribution in [3.63, 3.8) is 0 Å². The van der Waals surface area contributed by atoms with Crippen molar-refractivity contribution in [2.75, 3.05) is 4.90 Å². The molecule has 69 heavy (non-hydrogen) atoms. The summed E-state index contributed by atoms with van der Waals surface area (Å²) in [6.45, 7) is 0. The molecule has 3 nitrogen and oxygen atoms in total. The first-order valence-electron chi connectivity index (χ1n) is 23.6. The van der Waals surface area contributed by atoms with Crippen LogP contribution in [0.5, 0.6) is 0 Å². The fraction of sp³-hybridized carbons (Fsp3) is 0. The number of furan rings is 1. The zero-order valence-corrected chi connectivity index (χ0v) is 37.7. The zero-order chi connectivity index (χ0) is 45.7. The monoisotopic (exact) mass is 880 g/mol. The van der Waals surface area contributed by atoms with Gasteiger partial charge in [-0.2, -0.15) is 0 Å². The largest absolute Gasteiger partial charge is 0.455 e. The van der Waals surface area contributed by atoms with Crippen LogP contribution < -0.4 is 4.90 Å². The molecule has 0 N–H and O–H groups in total. The molecule has 0 aliphatic rings. The SMILES string of the molecule is c1ccc(-c2ccc(-c3ccc(N(c4ccc(-c5ccccc5-c5ccccc5-n5c6ccccc6c6ccccc65)cc4)c4cccc(-c5cccc6c5oc5ccccc56)c4)cc3)cc2)cc1. The third-order valence-electron chi connectivity index (χ3n) is 13.6. The Morgan fingerprint density at radius 2 is 0.739 bits per heavy atom. The van der Waals surface area contributed by atoms with Crippen LogP contribution in [-0.4, -0.2) is 4.57 Å². The molecule has 2 aromatic heterocycles. The first-order valence-corrected chi connectivity index (χ1v) is 23.6. The molecule has 13 aromatic rings. The molecule has 11 aromatic carbocycles. The summed E-state index contributed by atoms with van der Waals surface area (Å²) in [5.41, 5.74) is 20.1. The van der Waals surface area contributed by atoms with E-state index in [1.165, 1.54) is 55.2 Å². The van der Waals surface area contributed by atoms with Crippen molar-refractivity contribution in [3.05, 3.63) is 267 Å². The molecule has 2 heterocycles. The van der Waals surface area contributed by atoms with Gasteiger partial charge in [-0.25, -0.2) is 0 Å². The van der Waals surface area contributed by atoms with Crippen LogP contribution in [0.15, 0.2) is 271 Å². The van der Waals surface area contributed by atoms with E-state index in [4.69, 9.17) is 4.42 Å². The van der Waals surface area contributed by atoms with Crippen molar-refractivity contribution in [1.29, 1.82) is 0 Å². The number of benzene rings is 11. The van der Waals surface area contributed by atoms with Crippen LogP contribution in [0.25, 0.3) is 105 Å². The van der Waals surface area contributed by atoms with Crippen molar-refractivity contribution >= 4 is 60.8 Å². The maximum Gasteiger partial charge on any atom is 0.143 e. The molecule has 0 unspecified atom stereocenters. The van der Waals surface area contributed by atoms with Crippen LogP contribution in [0.3, 0.4) is 0 Å². The van der Waals surface area contributed by atoms with Crippen molar-refractivity contribution in [1.82, 2.24) is 4.57 Å². The average molecular weight is 881 g/mol. The Morgan fingerprint density at radius 1 is 0.275 bits per heavy atom. The summed E-state index contributed by atoms with van der Waals surface area (Å²) in [4.78, 5) is 2.36. The molecular formula is C66H44N2O. The summed E-state index contributed by atoms with van der Waals surface area (Å²) in [6.07, 6.45) is 0. The number of hydrogen-bond acceptors (Lipinski definition) is 2. The van der Waals surface area contributed by atoms with Crippen LogP contribution in [0.2, 0.25) is 0 Å². The molecule has 3 heteroatoms. The lowest BCUT2D eigenvalue weighted by molar-refractivity contribution is 0.670. The summed E-state index contributed by atoms with van der Waals surface area (Å²) < 4.78 is 8.97. The molecule has 0 bridgehead atoms. The summed E-state index contributed by atoms with van der Waals surface area (Å²) in [6, 6.07) is 96.0. The molecule has 0 spiro atoms. The topological polar surface area (TPSA) is 21.3 Å². The van der Waals surface area contributed by atoms with Gasteiger partial charge in [0.2, 0.25) is 0 Å². The standard InChI is InChI=1S/C66H44N2O/c1-2-16-45(17-3-1)46-32-34-47(35-33-46)48-36-40-51(41-37-48)67(53-19-14-18-50(44-53)55-26-15-27-61-60-25-9-13-31-65(60)69-66(55)61)52-42-38-49(39-43-52)54-20-4-5-21-56(54)57-22-6-10-28-62(57)68-63-29-11-7-23-58(63)59-24-8-12-30-64(59)68/h1-44H. The van der Waals surface area contributed by atoms with Gasteiger partial charge < -0.3 is 13.9 Å². The van der Waals surface area contributed by atoms with Gasteiger partial charge in [0, 0.05) is 49.7 Å². The van der Waals surface area contributed by atoms with E-state index in [-0.39, 0.29) is 0 Å². The van der Waals surface area contributed by atoms with E-state index in [9.17, 15) is 0 Å². The highest BCUT2D eigenvalue weighted by Gasteiger charge is 2.20. The second-order valence-corrected chi connectivity index (χ2v) is 17.6. The van der Waals surface area contributed by atoms with Gasteiger partial charge in [0.1, 0.15) is 11.2 Å². The minimum Gasteiger partial charge on any atom is -0.455 e. The Labute approximate surface area is 401 Å². The van der Waals surface area contributed by atoms with E-state index < -0.39 is 0 Å². The molecule has 0 atom stereocenters. The highest BCUT2D eigenvalue weighted by Crippen LogP contribution is 2.43. The van der Waals surface area contributed by atoms with Gasteiger partial charge in [-0.3, -0.25) is 0 Å². The van der Waals surface area contributed by atoms with Crippen molar-refractivity contribution in [2.24, 2.45) is 0 Å². The summed E-state index contributed by atoms with van der Waals surface area (Å²) in [7, 11) is 0. The first-order chi connectivity index (χ1) is 34.2. The molecule has 13 rings (SSSR count). The first kappa shape index (κ1) is 40.1. The van der Waals surface area contributed by atoms with Crippen LogP contribution in [0.1, 0.15) is 0 Å². The smallest absolute Gasteiger partial charge is 0.143 e. The number of hydrogen-bond donors (Lipinski definition) is 0. The summed E-state index contributed by atoms with van der Waals surface area (Å²) in [5.74, 6) is 0. The molecule has 0 aliphatic heterocycles. The lowest BCUT2D eigenvalue weighted by atomic mass is 9.93. The second-order valence-electron chi connectivity index (χ2n) is 17.6. The molecule has 0 radical (unpaired) electrons. The van der Waals surface area contributed by atoms with E-state index in [0.717, 1.165) is 66.9 Å². The van der Waals surface area contributed by atoms with Crippen molar-refractivity contribution in [2.45, 2.75) is 0 Å². The predicted molar refractivity (Wildman–Crippen MR) is 290 cm³/mol. The van der Waals surface area contributed by atoms with Gasteiger partial charge in [0.15, 0.2) is 0 Å². The molecule has 0 saturated carbocycles. The van der Waals surface area contributed by atoms with Crippen LogP contribution in [-0.2, 0) is 0 Å². The third-order valence-corrected chi connectivity index (χ3v) is 13.6. The van der Waals surface area contributed by atoms with E-state index >= 15 is 0 Å². The maximum atomic E-state index is 6.54. The van der Waals surface area contributed by atoms with Gasteiger partial charge in [-0.05, 0) is 105 Å². The van der Waals surface area contributed by atoms with Crippen LogP contribution in [0, 0.1) is 0 Å². The van der Waals surface area contributed by atoms with Gasteiger partial charge in [0.25, 0.3) is 0 Å². The normalized spacial score (nSPS) is 11.5. The van der Waals surface area contributed by atoms with Crippen LogP contribution in [0.4, 0.5) is 17.1 Å². The Hall–Kier alpha value is -9.18. The quantitative estimate of drug-likeness (QED) is 0.144. The van der Waals surface area contributed by atoms with E-state index in [1.807, 2.05) is 12.1 Å². The summed E-state index contributed by atoms with van der Waals surface area (Å²) in [5, 5.41) is 4.74.